The highest BCUT2D eigenvalue weighted by atomic mass is 19.1. The second-order valence-corrected chi connectivity index (χ2v) is 6.17. The van der Waals surface area contributed by atoms with E-state index in [9.17, 15) is 4.39 Å². The lowest BCUT2D eigenvalue weighted by Crippen LogP contribution is -2.18. The molecule has 0 unspecified atom stereocenters. The maximum atomic E-state index is 13.0. The molecule has 0 aliphatic carbocycles. The number of benzene rings is 1. The van der Waals surface area contributed by atoms with E-state index in [1.54, 1.807) is 12.1 Å². The molecule has 0 amide bonds. The Labute approximate surface area is 135 Å². The molecule has 0 radical (unpaired) electrons. The first-order chi connectivity index (χ1) is 11.3. The van der Waals surface area contributed by atoms with Gasteiger partial charge in [0.1, 0.15) is 11.6 Å². The van der Waals surface area contributed by atoms with Crippen LogP contribution in [0.15, 0.2) is 42.6 Å². The molecule has 4 rings (SSSR count). The third-order valence-electron chi connectivity index (χ3n) is 4.43. The van der Waals surface area contributed by atoms with Crippen LogP contribution < -0.4 is 4.74 Å². The van der Waals surface area contributed by atoms with Crippen LogP contribution in [0.5, 0.6) is 5.88 Å². The van der Waals surface area contributed by atoms with E-state index in [0.717, 1.165) is 29.9 Å². The molecule has 1 aromatic heterocycles. The molecule has 4 heteroatoms. The molecule has 23 heavy (non-hydrogen) atoms. The van der Waals surface area contributed by atoms with Crippen molar-refractivity contribution in [1.82, 2.24) is 9.88 Å². The molecule has 2 aliphatic heterocycles. The monoisotopic (exact) mass is 310 g/mol. The van der Waals surface area contributed by atoms with Gasteiger partial charge in [0.25, 0.3) is 0 Å². The van der Waals surface area contributed by atoms with E-state index in [1.807, 2.05) is 12.3 Å². The number of fused-ring (bicyclic) bond motifs is 1. The van der Waals surface area contributed by atoms with Crippen LogP contribution in [0.3, 0.4) is 0 Å². The Kier molecular flexibility index (Phi) is 3.83. The Balaban J connectivity index is 1.51. The fourth-order valence-electron chi connectivity index (χ4n) is 3.21. The Morgan fingerprint density at radius 2 is 1.91 bits per heavy atom. The van der Waals surface area contributed by atoms with E-state index in [0.29, 0.717) is 5.88 Å². The van der Waals surface area contributed by atoms with Crippen molar-refractivity contribution in [2.75, 3.05) is 13.1 Å². The summed E-state index contributed by atoms with van der Waals surface area (Å²) in [4.78, 5) is 6.96. The van der Waals surface area contributed by atoms with Crippen molar-refractivity contribution in [3.05, 3.63) is 65.1 Å². The number of rotatable bonds is 3. The maximum Gasteiger partial charge on any atom is 0.222 e. The zero-order chi connectivity index (χ0) is 15.6. The highest BCUT2D eigenvalue weighted by molar-refractivity contribution is 5.64. The SMILES string of the molecule is Fc1ccc(C2=CCc3cc(CN4CCCC4)cnc3O2)cc1. The van der Waals surface area contributed by atoms with Crippen LogP contribution >= 0.6 is 0 Å². The quantitative estimate of drug-likeness (QED) is 0.862. The molecule has 0 saturated carbocycles. The van der Waals surface area contributed by atoms with Gasteiger partial charge in [0, 0.05) is 23.9 Å². The number of aromatic nitrogens is 1. The first-order valence-electron chi connectivity index (χ1n) is 8.12. The fourth-order valence-corrected chi connectivity index (χ4v) is 3.21. The van der Waals surface area contributed by atoms with E-state index in [1.165, 1.54) is 43.6 Å². The summed E-state index contributed by atoms with van der Waals surface area (Å²) in [6, 6.07) is 8.55. The van der Waals surface area contributed by atoms with E-state index in [-0.39, 0.29) is 5.82 Å². The number of ether oxygens (including phenoxy) is 1. The largest absolute Gasteiger partial charge is 0.438 e. The second-order valence-electron chi connectivity index (χ2n) is 6.17. The Bertz CT molecular complexity index is 734. The molecule has 118 valence electrons. The second kappa shape index (κ2) is 6.13. The minimum absolute atomic E-state index is 0.241. The van der Waals surface area contributed by atoms with E-state index in [4.69, 9.17) is 4.74 Å². The number of likely N-dealkylation sites (tertiary alicyclic amines) is 1. The molecule has 1 saturated heterocycles. The topological polar surface area (TPSA) is 25.4 Å². The summed E-state index contributed by atoms with van der Waals surface area (Å²) in [7, 11) is 0. The lowest BCUT2D eigenvalue weighted by Gasteiger charge is -2.19. The zero-order valence-corrected chi connectivity index (χ0v) is 13.0. The Morgan fingerprint density at radius 3 is 2.70 bits per heavy atom. The van der Waals surface area contributed by atoms with Gasteiger partial charge in [-0.1, -0.05) is 0 Å². The molecule has 2 aromatic rings. The van der Waals surface area contributed by atoms with Crippen molar-refractivity contribution in [2.45, 2.75) is 25.8 Å². The van der Waals surface area contributed by atoms with Crippen LogP contribution in [0.25, 0.3) is 5.76 Å². The summed E-state index contributed by atoms with van der Waals surface area (Å²) in [6.07, 6.45) is 7.33. The van der Waals surface area contributed by atoms with Gasteiger partial charge in [0.15, 0.2) is 0 Å². The minimum Gasteiger partial charge on any atom is -0.438 e. The van der Waals surface area contributed by atoms with Crippen molar-refractivity contribution in [2.24, 2.45) is 0 Å². The molecule has 3 heterocycles. The third-order valence-corrected chi connectivity index (χ3v) is 4.43. The summed E-state index contributed by atoms with van der Waals surface area (Å²) < 4.78 is 18.9. The predicted octanol–water partition coefficient (Wildman–Crippen LogP) is 3.79. The first-order valence-corrected chi connectivity index (χ1v) is 8.12. The summed E-state index contributed by atoms with van der Waals surface area (Å²) in [5.41, 5.74) is 3.24. The maximum absolute atomic E-state index is 13.0. The lowest BCUT2D eigenvalue weighted by atomic mass is 10.1. The highest BCUT2D eigenvalue weighted by Gasteiger charge is 2.17. The van der Waals surface area contributed by atoms with Gasteiger partial charge in [-0.25, -0.2) is 9.37 Å². The number of halogens is 1. The number of hydrogen-bond acceptors (Lipinski definition) is 3. The molecule has 0 bridgehead atoms. The van der Waals surface area contributed by atoms with Crippen molar-refractivity contribution in [3.8, 4) is 5.88 Å². The Hall–Kier alpha value is -2.20. The molecule has 1 fully saturated rings. The van der Waals surface area contributed by atoms with Gasteiger partial charge in [-0.3, -0.25) is 4.90 Å². The molecule has 0 atom stereocenters. The number of allylic oxidation sites excluding steroid dienone is 1. The van der Waals surface area contributed by atoms with Crippen LogP contribution in [0.4, 0.5) is 4.39 Å². The summed E-state index contributed by atoms with van der Waals surface area (Å²) in [6.45, 7) is 3.33. The van der Waals surface area contributed by atoms with Crippen LogP contribution in [-0.4, -0.2) is 23.0 Å². The van der Waals surface area contributed by atoms with Crippen molar-refractivity contribution in [1.29, 1.82) is 0 Å². The first kappa shape index (κ1) is 14.4. The van der Waals surface area contributed by atoms with Gasteiger partial charge < -0.3 is 4.74 Å². The molecule has 3 nitrogen and oxygen atoms in total. The standard InChI is InChI=1S/C19H19FN2O/c20-17-6-3-15(4-7-17)18-8-5-16-11-14(12-21-19(16)23-18)13-22-9-1-2-10-22/h3-4,6-8,11-12H,1-2,5,9-10,13H2. The molecule has 2 aliphatic rings. The van der Waals surface area contributed by atoms with Crippen molar-refractivity contribution >= 4 is 5.76 Å². The van der Waals surface area contributed by atoms with E-state index in [2.05, 4.69) is 16.0 Å². The van der Waals surface area contributed by atoms with Crippen molar-refractivity contribution < 1.29 is 9.13 Å². The fraction of sp³-hybridized carbons (Fsp3) is 0.316. The van der Waals surface area contributed by atoms with Gasteiger partial charge in [-0.05, 0) is 74.3 Å². The summed E-state index contributed by atoms with van der Waals surface area (Å²) in [5, 5.41) is 0. The third kappa shape index (κ3) is 3.13. The average Bonchev–Trinajstić information content (AvgIpc) is 3.08. The van der Waals surface area contributed by atoms with Gasteiger partial charge in [0.05, 0.1) is 0 Å². The molecular weight excluding hydrogens is 291 g/mol. The summed E-state index contributed by atoms with van der Waals surface area (Å²) in [5.74, 6) is 1.17. The normalized spacial score (nSPS) is 17.5. The predicted molar refractivity (Wildman–Crippen MR) is 87.5 cm³/mol. The summed E-state index contributed by atoms with van der Waals surface area (Å²) >= 11 is 0. The van der Waals surface area contributed by atoms with Gasteiger partial charge in [-0.15, -0.1) is 0 Å². The number of pyridine rings is 1. The van der Waals surface area contributed by atoms with Crippen LogP contribution in [0.1, 0.15) is 29.5 Å². The number of nitrogens with zero attached hydrogens (tertiary/aromatic N) is 2. The van der Waals surface area contributed by atoms with Crippen LogP contribution in [-0.2, 0) is 13.0 Å². The van der Waals surface area contributed by atoms with Crippen molar-refractivity contribution in [3.63, 3.8) is 0 Å². The van der Waals surface area contributed by atoms with Crippen LogP contribution in [0.2, 0.25) is 0 Å². The van der Waals surface area contributed by atoms with E-state index < -0.39 is 0 Å². The van der Waals surface area contributed by atoms with Gasteiger partial charge >= 0.3 is 0 Å². The minimum atomic E-state index is -0.241. The zero-order valence-electron chi connectivity index (χ0n) is 13.0. The van der Waals surface area contributed by atoms with E-state index >= 15 is 0 Å². The number of hydrogen-bond donors (Lipinski definition) is 0. The molecular formula is C19H19FN2O. The van der Waals surface area contributed by atoms with Crippen LogP contribution in [0, 0.1) is 5.82 Å². The van der Waals surface area contributed by atoms with Gasteiger partial charge in [0.2, 0.25) is 5.88 Å². The smallest absolute Gasteiger partial charge is 0.222 e. The van der Waals surface area contributed by atoms with Gasteiger partial charge in [-0.2, -0.15) is 0 Å². The molecule has 1 aromatic carbocycles. The Morgan fingerprint density at radius 1 is 1.13 bits per heavy atom. The average molecular weight is 310 g/mol. The molecule has 0 spiro atoms. The molecule has 0 N–H and O–H groups in total. The highest BCUT2D eigenvalue weighted by Crippen LogP contribution is 2.29. The lowest BCUT2D eigenvalue weighted by molar-refractivity contribution is 0.330.